The number of thioether (sulfide) groups is 1. The van der Waals surface area contributed by atoms with E-state index in [-0.39, 0.29) is 11.7 Å². The van der Waals surface area contributed by atoms with Gasteiger partial charge < -0.3 is 9.88 Å². The lowest BCUT2D eigenvalue weighted by atomic mass is 10.0. The van der Waals surface area contributed by atoms with Gasteiger partial charge >= 0.3 is 0 Å². The van der Waals surface area contributed by atoms with Gasteiger partial charge in [0.1, 0.15) is 0 Å². The second kappa shape index (κ2) is 9.68. The standard InChI is InChI=1S/C23H21ClN4OS2/c1-3-28-22(19-13-30-15(2)21(19)16-7-5-4-6-8-16)26-27-23(28)31-14-20(29)25-18-11-9-17(24)10-12-18/h4-13H,3,14H2,1-2H3,(H,25,29). The fraction of sp³-hybridized carbons (Fsp3) is 0.174. The van der Waals surface area contributed by atoms with Crippen LogP contribution in [0.1, 0.15) is 11.8 Å². The van der Waals surface area contributed by atoms with Gasteiger partial charge in [0, 0.05) is 38.6 Å². The van der Waals surface area contributed by atoms with Crippen LogP contribution in [0.5, 0.6) is 0 Å². The number of benzene rings is 2. The highest BCUT2D eigenvalue weighted by Gasteiger charge is 2.20. The molecule has 0 saturated carbocycles. The molecule has 2 aromatic carbocycles. The summed E-state index contributed by atoms with van der Waals surface area (Å²) in [6, 6.07) is 17.4. The molecule has 1 amide bonds. The minimum absolute atomic E-state index is 0.101. The summed E-state index contributed by atoms with van der Waals surface area (Å²) in [4.78, 5) is 13.6. The molecule has 8 heteroatoms. The number of thiophene rings is 1. The summed E-state index contributed by atoms with van der Waals surface area (Å²) in [5, 5.41) is 15.2. The molecule has 1 N–H and O–H groups in total. The number of amides is 1. The molecule has 0 aliphatic rings. The van der Waals surface area contributed by atoms with Gasteiger partial charge in [-0.25, -0.2) is 0 Å². The smallest absolute Gasteiger partial charge is 0.234 e. The molecule has 0 unspecified atom stereocenters. The summed E-state index contributed by atoms with van der Waals surface area (Å²) >= 11 is 8.98. The summed E-state index contributed by atoms with van der Waals surface area (Å²) in [5.41, 5.74) is 4.14. The van der Waals surface area contributed by atoms with Crippen LogP contribution in [0.3, 0.4) is 0 Å². The largest absolute Gasteiger partial charge is 0.325 e. The van der Waals surface area contributed by atoms with Crippen molar-refractivity contribution in [3.8, 4) is 22.5 Å². The van der Waals surface area contributed by atoms with Crippen LogP contribution in [0.2, 0.25) is 5.02 Å². The van der Waals surface area contributed by atoms with E-state index in [1.54, 1.807) is 35.6 Å². The third-order valence-corrected chi connectivity index (χ3v) is 6.90. The topological polar surface area (TPSA) is 59.8 Å². The Hall–Kier alpha value is -2.61. The lowest BCUT2D eigenvalue weighted by Crippen LogP contribution is -2.14. The number of nitrogens with zero attached hydrogens (tertiary/aromatic N) is 3. The van der Waals surface area contributed by atoms with E-state index >= 15 is 0 Å². The van der Waals surface area contributed by atoms with Gasteiger partial charge in [-0.15, -0.1) is 21.5 Å². The highest BCUT2D eigenvalue weighted by atomic mass is 35.5. The summed E-state index contributed by atoms with van der Waals surface area (Å²) in [5.74, 6) is 0.969. The van der Waals surface area contributed by atoms with Gasteiger partial charge in [0.2, 0.25) is 5.91 Å². The second-order valence-electron chi connectivity index (χ2n) is 6.84. The predicted molar refractivity (Wildman–Crippen MR) is 130 cm³/mol. The van der Waals surface area contributed by atoms with E-state index in [0.717, 1.165) is 16.5 Å². The minimum Gasteiger partial charge on any atom is -0.325 e. The van der Waals surface area contributed by atoms with Crippen molar-refractivity contribution >= 4 is 46.3 Å². The molecule has 2 heterocycles. The number of rotatable bonds is 7. The SMILES string of the molecule is CCn1c(SCC(=O)Nc2ccc(Cl)cc2)nnc1-c1csc(C)c1-c1ccccc1. The molecule has 0 aliphatic carbocycles. The molecule has 0 bridgehead atoms. The highest BCUT2D eigenvalue weighted by molar-refractivity contribution is 7.99. The number of carbonyl (C=O) groups excluding carboxylic acids is 1. The molecular formula is C23H21ClN4OS2. The van der Waals surface area contributed by atoms with Crippen LogP contribution < -0.4 is 5.32 Å². The average Bonchev–Trinajstić information content (AvgIpc) is 3.37. The lowest BCUT2D eigenvalue weighted by Gasteiger charge is -2.09. The van der Waals surface area contributed by atoms with Crippen molar-refractivity contribution in [2.24, 2.45) is 0 Å². The van der Waals surface area contributed by atoms with Crippen LogP contribution in [-0.2, 0) is 11.3 Å². The van der Waals surface area contributed by atoms with E-state index in [9.17, 15) is 4.79 Å². The third kappa shape index (κ3) is 4.84. The molecule has 31 heavy (non-hydrogen) atoms. The zero-order valence-corrected chi connectivity index (χ0v) is 19.5. The number of hydrogen-bond donors (Lipinski definition) is 1. The Balaban J connectivity index is 1.54. The first-order valence-corrected chi connectivity index (χ1v) is 12.1. The van der Waals surface area contributed by atoms with E-state index in [2.05, 4.69) is 51.4 Å². The van der Waals surface area contributed by atoms with Crippen molar-refractivity contribution in [3.63, 3.8) is 0 Å². The Labute approximate surface area is 194 Å². The van der Waals surface area contributed by atoms with Gasteiger partial charge in [-0.05, 0) is 43.7 Å². The zero-order chi connectivity index (χ0) is 21.8. The molecule has 5 nitrogen and oxygen atoms in total. The quantitative estimate of drug-likeness (QED) is 0.319. The van der Waals surface area contributed by atoms with Crippen LogP contribution >= 0.6 is 34.7 Å². The molecule has 0 fully saturated rings. The summed E-state index contributed by atoms with van der Waals surface area (Å²) in [7, 11) is 0. The number of carbonyl (C=O) groups is 1. The Kier molecular flexibility index (Phi) is 6.75. The summed E-state index contributed by atoms with van der Waals surface area (Å²) in [6.07, 6.45) is 0. The van der Waals surface area contributed by atoms with E-state index < -0.39 is 0 Å². The van der Waals surface area contributed by atoms with Crippen molar-refractivity contribution in [3.05, 3.63) is 69.9 Å². The number of nitrogens with one attached hydrogen (secondary N) is 1. The molecular weight excluding hydrogens is 448 g/mol. The Bertz CT molecular complexity index is 1190. The van der Waals surface area contributed by atoms with Gasteiger partial charge in [0.25, 0.3) is 0 Å². The van der Waals surface area contributed by atoms with Crippen LogP contribution in [0.25, 0.3) is 22.5 Å². The highest BCUT2D eigenvalue weighted by Crippen LogP contribution is 2.39. The minimum atomic E-state index is -0.101. The van der Waals surface area contributed by atoms with E-state index in [1.165, 1.54) is 27.8 Å². The van der Waals surface area contributed by atoms with E-state index in [1.807, 2.05) is 18.2 Å². The van der Waals surface area contributed by atoms with Crippen LogP contribution in [-0.4, -0.2) is 26.4 Å². The molecule has 4 rings (SSSR count). The number of halogens is 1. The molecule has 158 valence electrons. The Morgan fingerprint density at radius 3 is 2.58 bits per heavy atom. The number of hydrogen-bond acceptors (Lipinski definition) is 5. The Morgan fingerprint density at radius 2 is 1.87 bits per heavy atom. The molecule has 0 atom stereocenters. The molecule has 0 aliphatic heterocycles. The normalized spacial score (nSPS) is 10.9. The van der Waals surface area contributed by atoms with E-state index in [0.29, 0.717) is 17.3 Å². The van der Waals surface area contributed by atoms with E-state index in [4.69, 9.17) is 11.6 Å². The van der Waals surface area contributed by atoms with Crippen LogP contribution in [0, 0.1) is 6.92 Å². The Morgan fingerprint density at radius 1 is 1.13 bits per heavy atom. The van der Waals surface area contributed by atoms with Gasteiger partial charge in [-0.2, -0.15) is 0 Å². The third-order valence-electron chi connectivity index (χ3n) is 4.77. The van der Waals surface area contributed by atoms with Crippen molar-refractivity contribution in [2.75, 3.05) is 11.1 Å². The molecule has 2 aromatic heterocycles. The number of aryl methyl sites for hydroxylation is 1. The maximum Gasteiger partial charge on any atom is 0.234 e. The van der Waals surface area contributed by atoms with Crippen LogP contribution in [0.15, 0.2) is 65.1 Å². The van der Waals surface area contributed by atoms with Gasteiger partial charge in [0.15, 0.2) is 11.0 Å². The molecule has 0 saturated heterocycles. The fourth-order valence-electron chi connectivity index (χ4n) is 3.32. The molecule has 4 aromatic rings. The van der Waals surface area contributed by atoms with Gasteiger partial charge in [0.05, 0.1) is 5.75 Å². The average molecular weight is 469 g/mol. The predicted octanol–water partition coefficient (Wildman–Crippen LogP) is 6.39. The second-order valence-corrected chi connectivity index (χ2v) is 9.30. The lowest BCUT2D eigenvalue weighted by molar-refractivity contribution is -0.113. The van der Waals surface area contributed by atoms with Crippen molar-refractivity contribution in [1.29, 1.82) is 0 Å². The molecule has 0 radical (unpaired) electrons. The van der Waals surface area contributed by atoms with Crippen molar-refractivity contribution in [1.82, 2.24) is 14.8 Å². The first-order valence-electron chi connectivity index (χ1n) is 9.82. The molecule has 0 spiro atoms. The monoisotopic (exact) mass is 468 g/mol. The van der Waals surface area contributed by atoms with Crippen molar-refractivity contribution in [2.45, 2.75) is 25.5 Å². The summed E-state index contributed by atoms with van der Waals surface area (Å²) in [6.45, 7) is 4.90. The summed E-state index contributed by atoms with van der Waals surface area (Å²) < 4.78 is 2.06. The number of aromatic nitrogens is 3. The maximum absolute atomic E-state index is 12.4. The zero-order valence-electron chi connectivity index (χ0n) is 17.1. The first kappa shape index (κ1) is 21.6. The van der Waals surface area contributed by atoms with Gasteiger partial charge in [-0.3, -0.25) is 4.79 Å². The van der Waals surface area contributed by atoms with Crippen molar-refractivity contribution < 1.29 is 4.79 Å². The first-order chi connectivity index (χ1) is 15.1. The van der Waals surface area contributed by atoms with Crippen LogP contribution in [0.4, 0.5) is 5.69 Å². The fourth-order valence-corrected chi connectivity index (χ4v) is 5.11. The maximum atomic E-state index is 12.4. The van der Waals surface area contributed by atoms with Gasteiger partial charge in [-0.1, -0.05) is 53.7 Å². The number of anilines is 1.